The number of fused-ring (bicyclic) bond motifs is 1. The molecule has 0 saturated heterocycles. The van der Waals surface area contributed by atoms with Crippen LogP contribution < -0.4 is 0 Å². The number of hydrogen-bond acceptors (Lipinski definition) is 9. The molecule has 0 aliphatic heterocycles. The van der Waals surface area contributed by atoms with Crippen LogP contribution in [-0.2, 0) is 0 Å². The van der Waals surface area contributed by atoms with Gasteiger partial charge in [0, 0.05) is 0 Å². The first-order valence-electron chi connectivity index (χ1n) is 7.04. The highest BCUT2D eigenvalue weighted by molar-refractivity contribution is 7.24. The van der Waals surface area contributed by atoms with Gasteiger partial charge in [0.05, 0.1) is 21.3 Å². The third kappa shape index (κ3) is 2.37. The first-order valence-corrected chi connectivity index (χ1v) is 9.44. The van der Waals surface area contributed by atoms with Crippen LogP contribution in [0.3, 0.4) is 0 Å². The van der Waals surface area contributed by atoms with Crippen molar-refractivity contribution >= 4 is 39.2 Å². The summed E-state index contributed by atoms with van der Waals surface area (Å²) in [4.78, 5) is 7.44. The molecular formula is C13H13N7S3. The van der Waals surface area contributed by atoms with E-state index < -0.39 is 0 Å². The number of thiazole rings is 1. The first-order chi connectivity index (χ1) is 11.0. The lowest BCUT2D eigenvalue weighted by molar-refractivity contribution is 0.829. The molecule has 7 nitrogen and oxygen atoms in total. The van der Waals surface area contributed by atoms with Gasteiger partial charge in [-0.15, -0.1) is 26.6 Å². The topological polar surface area (TPSA) is 81.8 Å². The smallest absolute Gasteiger partial charge is 0.235 e. The van der Waals surface area contributed by atoms with Crippen molar-refractivity contribution in [2.75, 3.05) is 0 Å². The van der Waals surface area contributed by atoms with Gasteiger partial charge < -0.3 is 0 Å². The van der Waals surface area contributed by atoms with Crippen LogP contribution in [0.4, 0.5) is 0 Å². The molecular weight excluding hydrogens is 350 g/mol. The molecule has 0 amide bonds. The van der Waals surface area contributed by atoms with Gasteiger partial charge in [-0.2, -0.15) is 9.61 Å². The van der Waals surface area contributed by atoms with Crippen LogP contribution in [0.5, 0.6) is 0 Å². The first kappa shape index (κ1) is 14.8. The molecule has 4 aromatic heterocycles. The summed E-state index contributed by atoms with van der Waals surface area (Å²) in [7, 11) is 0. The van der Waals surface area contributed by atoms with Crippen LogP contribution in [0.25, 0.3) is 25.5 Å². The standard InChI is InChI=1S/C13H13N7S3/c1-5(2)8-10(21-7(4)14-8)12-18-20-11(16-17-13(20)22-12)9-6(3)15-19-23-9/h5H,1-4H3. The molecule has 4 heterocycles. The fourth-order valence-electron chi connectivity index (χ4n) is 2.27. The Kier molecular flexibility index (Phi) is 3.47. The average Bonchev–Trinajstić information content (AvgIpc) is 3.21. The molecule has 118 valence electrons. The van der Waals surface area contributed by atoms with E-state index in [9.17, 15) is 0 Å². The molecule has 23 heavy (non-hydrogen) atoms. The molecule has 0 atom stereocenters. The Labute approximate surface area is 144 Å². The maximum absolute atomic E-state index is 4.73. The second-order valence-corrected chi connectivity index (χ2v) is 8.33. The summed E-state index contributed by atoms with van der Waals surface area (Å²) >= 11 is 4.52. The molecule has 0 radical (unpaired) electrons. The van der Waals surface area contributed by atoms with Crippen molar-refractivity contribution in [2.45, 2.75) is 33.6 Å². The van der Waals surface area contributed by atoms with Crippen LogP contribution in [-0.4, -0.2) is 34.4 Å². The van der Waals surface area contributed by atoms with E-state index in [1.54, 1.807) is 15.9 Å². The minimum Gasteiger partial charge on any atom is -0.246 e. The van der Waals surface area contributed by atoms with Gasteiger partial charge in [-0.3, -0.25) is 0 Å². The Morgan fingerprint density at radius 1 is 1.00 bits per heavy atom. The van der Waals surface area contributed by atoms with Gasteiger partial charge in [0.1, 0.15) is 4.88 Å². The maximum Gasteiger partial charge on any atom is 0.235 e. The molecule has 4 rings (SSSR count). The van der Waals surface area contributed by atoms with E-state index in [0.29, 0.717) is 11.7 Å². The summed E-state index contributed by atoms with van der Waals surface area (Å²) in [5.41, 5.74) is 1.94. The maximum atomic E-state index is 4.73. The summed E-state index contributed by atoms with van der Waals surface area (Å²) in [5, 5.41) is 19.2. The van der Waals surface area contributed by atoms with Crippen molar-refractivity contribution in [1.82, 2.24) is 34.4 Å². The van der Waals surface area contributed by atoms with Crippen molar-refractivity contribution in [2.24, 2.45) is 0 Å². The summed E-state index contributed by atoms with van der Waals surface area (Å²) in [5.74, 6) is 1.05. The van der Waals surface area contributed by atoms with Gasteiger partial charge in [0.2, 0.25) is 4.96 Å². The minimum atomic E-state index is 0.358. The van der Waals surface area contributed by atoms with E-state index in [2.05, 4.69) is 38.6 Å². The zero-order valence-corrected chi connectivity index (χ0v) is 15.4. The average molecular weight is 363 g/mol. The summed E-state index contributed by atoms with van der Waals surface area (Å²) in [6.45, 7) is 8.24. The predicted molar refractivity (Wildman–Crippen MR) is 92.2 cm³/mol. The van der Waals surface area contributed by atoms with Crippen LogP contribution in [0.2, 0.25) is 0 Å². The van der Waals surface area contributed by atoms with Gasteiger partial charge in [-0.05, 0) is 31.3 Å². The van der Waals surface area contributed by atoms with E-state index in [1.165, 1.54) is 22.9 Å². The molecule has 0 bridgehead atoms. The van der Waals surface area contributed by atoms with Crippen molar-refractivity contribution in [3.8, 4) is 20.6 Å². The molecule has 0 spiro atoms. The highest BCUT2D eigenvalue weighted by Crippen LogP contribution is 2.37. The number of aromatic nitrogens is 7. The fourth-order valence-corrected chi connectivity index (χ4v) is 4.89. The molecule has 0 unspecified atom stereocenters. The Morgan fingerprint density at radius 3 is 2.52 bits per heavy atom. The lowest BCUT2D eigenvalue weighted by Crippen LogP contribution is -1.93. The summed E-state index contributed by atoms with van der Waals surface area (Å²) in [6, 6.07) is 0. The Morgan fingerprint density at radius 2 is 1.83 bits per heavy atom. The lowest BCUT2D eigenvalue weighted by atomic mass is 10.1. The number of hydrogen-bond donors (Lipinski definition) is 0. The highest BCUT2D eigenvalue weighted by atomic mass is 32.1. The Bertz CT molecular complexity index is 991. The van der Waals surface area contributed by atoms with E-state index in [1.807, 2.05) is 13.8 Å². The fraction of sp³-hybridized carbons (Fsp3) is 0.385. The Hall–Kier alpha value is -1.78. The van der Waals surface area contributed by atoms with Gasteiger partial charge in [-0.25, -0.2) is 4.98 Å². The Balaban J connectivity index is 1.88. The third-order valence-electron chi connectivity index (χ3n) is 3.35. The largest absolute Gasteiger partial charge is 0.246 e. The monoisotopic (exact) mass is 363 g/mol. The van der Waals surface area contributed by atoms with Crippen molar-refractivity contribution < 1.29 is 0 Å². The number of nitrogens with zero attached hydrogens (tertiary/aromatic N) is 7. The second kappa shape index (κ2) is 5.39. The zero-order chi connectivity index (χ0) is 16.1. The molecule has 0 aliphatic carbocycles. The third-order valence-corrected chi connectivity index (χ3v) is 6.21. The normalized spacial score (nSPS) is 11.9. The van der Waals surface area contributed by atoms with E-state index in [-0.39, 0.29) is 0 Å². The predicted octanol–water partition coefficient (Wildman–Crippen LogP) is 3.57. The summed E-state index contributed by atoms with van der Waals surface area (Å²) in [6.07, 6.45) is 0. The van der Waals surface area contributed by atoms with E-state index >= 15 is 0 Å². The number of aryl methyl sites for hydroxylation is 2. The van der Waals surface area contributed by atoms with Crippen LogP contribution in [0.15, 0.2) is 0 Å². The van der Waals surface area contributed by atoms with Gasteiger partial charge in [0.15, 0.2) is 10.8 Å². The van der Waals surface area contributed by atoms with Gasteiger partial charge >= 0.3 is 0 Å². The van der Waals surface area contributed by atoms with E-state index in [4.69, 9.17) is 5.10 Å². The van der Waals surface area contributed by atoms with Crippen LogP contribution >= 0.6 is 34.2 Å². The highest BCUT2D eigenvalue weighted by Gasteiger charge is 2.22. The molecule has 10 heteroatoms. The minimum absolute atomic E-state index is 0.358. The quantitative estimate of drug-likeness (QED) is 0.553. The number of rotatable bonds is 3. The molecule has 0 aromatic carbocycles. The zero-order valence-electron chi connectivity index (χ0n) is 12.9. The van der Waals surface area contributed by atoms with E-state index in [0.717, 1.165) is 36.1 Å². The van der Waals surface area contributed by atoms with Crippen molar-refractivity contribution in [3.63, 3.8) is 0 Å². The molecule has 0 aliphatic rings. The molecule has 0 fully saturated rings. The van der Waals surface area contributed by atoms with Crippen LogP contribution in [0.1, 0.15) is 36.2 Å². The molecule has 0 saturated carbocycles. The molecule has 4 aromatic rings. The molecule has 0 N–H and O–H groups in total. The summed E-state index contributed by atoms with van der Waals surface area (Å²) < 4.78 is 5.75. The van der Waals surface area contributed by atoms with Gasteiger partial charge in [-0.1, -0.05) is 29.7 Å². The SMILES string of the molecule is Cc1nc(C(C)C)c(-c2nn3c(-c4snnc4C)nnc3s2)s1. The van der Waals surface area contributed by atoms with Crippen molar-refractivity contribution in [1.29, 1.82) is 0 Å². The van der Waals surface area contributed by atoms with Gasteiger partial charge in [0.25, 0.3) is 0 Å². The second-order valence-electron chi connectivity index (χ2n) is 5.41. The van der Waals surface area contributed by atoms with Crippen molar-refractivity contribution in [3.05, 3.63) is 16.4 Å². The van der Waals surface area contributed by atoms with Crippen LogP contribution in [0, 0.1) is 13.8 Å². The lowest BCUT2D eigenvalue weighted by Gasteiger charge is -2.01.